The lowest BCUT2D eigenvalue weighted by Gasteiger charge is -2.27. The van der Waals surface area contributed by atoms with E-state index in [9.17, 15) is 22.8 Å². The highest BCUT2D eigenvalue weighted by molar-refractivity contribution is 7.89. The molecule has 8 nitrogen and oxygen atoms in total. The van der Waals surface area contributed by atoms with Crippen LogP contribution in [0.3, 0.4) is 0 Å². The normalized spacial score (nSPS) is 16.0. The van der Waals surface area contributed by atoms with E-state index < -0.39 is 27.9 Å². The van der Waals surface area contributed by atoms with Gasteiger partial charge in [-0.2, -0.15) is 4.31 Å². The SMILES string of the molecule is CC(=O)Nc1ccc(N2C(=O)CC(N(CCc3cccc(Cl)c3)S(=O)(=O)c3ccccc3)C2=O)cc1. The maximum Gasteiger partial charge on any atom is 0.252 e. The summed E-state index contributed by atoms with van der Waals surface area (Å²) in [6.07, 6.45) is 0.0178. The van der Waals surface area contributed by atoms with Gasteiger partial charge in [0, 0.05) is 24.2 Å². The molecule has 1 atom stereocenters. The average Bonchev–Trinajstić information content (AvgIpc) is 3.13. The lowest BCUT2D eigenvalue weighted by molar-refractivity contribution is -0.122. The van der Waals surface area contributed by atoms with E-state index in [4.69, 9.17) is 11.6 Å². The van der Waals surface area contributed by atoms with Crippen molar-refractivity contribution in [1.29, 1.82) is 0 Å². The Bertz CT molecular complexity index is 1390. The van der Waals surface area contributed by atoms with E-state index in [0.717, 1.165) is 14.8 Å². The quantitative estimate of drug-likeness (QED) is 0.450. The molecule has 0 aliphatic carbocycles. The maximum atomic E-state index is 13.6. The number of sulfonamides is 1. The van der Waals surface area contributed by atoms with Gasteiger partial charge in [0.05, 0.1) is 17.0 Å². The molecular weight excluding hydrogens is 502 g/mol. The van der Waals surface area contributed by atoms with E-state index in [1.165, 1.54) is 31.2 Å². The number of nitrogens with one attached hydrogen (secondary N) is 1. The summed E-state index contributed by atoms with van der Waals surface area (Å²) in [7, 11) is -4.09. The predicted molar refractivity (Wildman–Crippen MR) is 137 cm³/mol. The Hall–Kier alpha value is -3.53. The van der Waals surface area contributed by atoms with Gasteiger partial charge in [-0.15, -0.1) is 0 Å². The van der Waals surface area contributed by atoms with Crippen molar-refractivity contribution in [3.05, 3.63) is 89.4 Å². The first-order valence-electron chi connectivity index (χ1n) is 11.2. The number of rotatable bonds is 8. The molecule has 1 fully saturated rings. The molecule has 1 saturated heterocycles. The molecule has 0 spiro atoms. The second-order valence-corrected chi connectivity index (χ2v) is 10.7. The zero-order valence-corrected chi connectivity index (χ0v) is 21.0. The number of carbonyl (C=O) groups excluding carboxylic acids is 3. The Balaban J connectivity index is 1.65. The Morgan fingerprint density at radius 1 is 1.03 bits per heavy atom. The fraction of sp³-hybridized carbons (Fsp3) is 0.192. The van der Waals surface area contributed by atoms with Gasteiger partial charge >= 0.3 is 0 Å². The Morgan fingerprint density at radius 2 is 1.72 bits per heavy atom. The van der Waals surface area contributed by atoms with Crippen LogP contribution in [0.15, 0.2) is 83.8 Å². The van der Waals surface area contributed by atoms with Crippen LogP contribution in [0, 0.1) is 0 Å². The average molecular weight is 526 g/mol. The zero-order chi connectivity index (χ0) is 25.9. The maximum absolute atomic E-state index is 13.6. The Labute approximate surface area is 214 Å². The lowest BCUT2D eigenvalue weighted by Crippen LogP contribution is -2.46. The lowest BCUT2D eigenvalue weighted by atomic mass is 10.1. The van der Waals surface area contributed by atoms with Crippen LogP contribution < -0.4 is 10.2 Å². The highest BCUT2D eigenvalue weighted by Gasteiger charge is 2.46. The van der Waals surface area contributed by atoms with Crippen molar-refractivity contribution in [2.24, 2.45) is 0 Å². The molecular formula is C26H24ClN3O5S. The zero-order valence-electron chi connectivity index (χ0n) is 19.4. The second kappa shape index (κ2) is 10.6. The molecule has 1 aliphatic heterocycles. The summed E-state index contributed by atoms with van der Waals surface area (Å²) in [5.41, 5.74) is 1.61. The van der Waals surface area contributed by atoms with Gasteiger partial charge in [0.1, 0.15) is 6.04 Å². The molecule has 0 radical (unpaired) electrons. The summed E-state index contributed by atoms with van der Waals surface area (Å²) in [4.78, 5) is 38.7. The molecule has 1 aliphatic rings. The molecule has 1 N–H and O–H groups in total. The fourth-order valence-corrected chi connectivity index (χ4v) is 5.93. The first kappa shape index (κ1) is 25.6. The summed E-state index contributed by atoms with van der Waals surface area (Å²) in [6.45, 7) is 1.35. The molecule has 3 aromatic carbocycles. The minimum absolute atomic E-state index is 0.0173. The minimum Gasteiger partial charge on any atom is -0.326 e. The predicted octanol–water partition coefficient (Wildman–Crippen LogP) is 3.86. The van der Waals surface area contributed by atoms with Crippen molar-refractivity contribution in [3.63, 3.8) is 0 Å². The molecule has 0 aromatic heterocycles. The minimum atomic E-state index is -4.09. The molecule has 0 saturated carbocycles. The molecule has 186 valence electrons. The summed E-state index contributed by atoms with van der Waals surface area (Å²) < 4.78 is 28.4. The van der Waals surface area contributed by atoms with Crippen molar-refractivity contribution in [1.82, 2.24) is 4.31 Å². The molecule has 0 bridgehead atoms. The van der Waals surface area contributed by atoms with Crippen LogP contribution >= 0.6 is 11.6 Å². The van der Waals surface area contributed by atoms with Crippen LogP contribution in [0.5, 0.6) is 0 Å². The van der Waals surface area contributed by atoms with Crippen LogP contribution in [0.25, 0.3) is 0 Å². The van der Waals surface area contributed by atoms with Crippen molar-refractivity contribution in [3.8, 4) is 0 Å². The number of carbonyl (C=O) groups is 3. The standard InChI is InChI=1S/C26H24ClN3O5S/c1-18(31)28-21-10-12-22(13-11-21)30-25(32)17-24(26(30)33)29(15-14-19-6-5-7-20(27)16-19)36(34,35)23-8-3-2-4-9-23/h2-13,16,24H,14-15,17H2,1H3,(H,28,31). The summed E-state index contributed by atoms with van der Waals surface area (Å²) >= 11 is 6.08. The van der Waals surface area contributed by atoms with Crippen LogP contribution in [0.2, 0.25) is 5.02 Å². The van der Waals surface area contributed by atoms with Gasteiger partial charge in [-0.1, -0.05) is 41.9 Å². The van der Waals surface area contributed by atoms with Gasteiger partial charge < -0.3 is 5.32 Å². The van der Waals surface area contributed by atoms with Gasteiger partial charge in [-0.3, -0.25) is 14.4 Å². The first-order chi connectivity index (χ1) is 17.2. The van der Waals surface area contributed by atoms with Crippen molar-refractivity contribution >= 4 is 50.7 Å². The van der Waals surface area contributed by atoms with Gasteiger partial charge in [0.15, 0.2) is 0 Å². The van der Waals surface area contributed by atoms with Gasteiger partial charge in [0.2, 0.25) is 21.8 Å². The number of imide groups is 1. The van der Waals surface area contributed by atoms with Crippen LogP contribution in [0.1, 0.15) is 18.9 Å². The number of nitrogens with zero attached hydrogens (tertiary/aromatic N) is 2. The largest absolute Gasteiger partial charge is 0.326 e. The summed E-state index contributed by atoms with van der Waals surface area (Å²) in [6, 6.07) is 19.9. The number of hydrogen-bond acceptors (Lipinski definition) is 5. The van der Waals surface area contributed by atoms with Gasteiger partial charge in [0.25, 0.3) is 5.91 Å². The van der Waals surface area contributed by atoms with E-state index in [1.807, 2.05) is 6.07 Å². The molecule has 10 heteroatoms. The molecule has 3 amide bonds. The van der Waals surface area contributed by atoms with Crippen LogP contribution in [-0.4, -0.2) is 43.0 Å². The van der Waals surface area contributed by atoms with Crippen LogP contribution in [-0.2, 0) is 30.8 Å². The van der Waals surface area contributed by atoms with Gasteiger partial charge in [-0.05, 0) is 60.5 Å². The summed E-state index contributed by atoms with van der Waals surface area (Å²) in [5.74, 6) is -1.39. The van der Waals surface area contributed by atoms with E-state index in [1.54, 1.807) is 48.5 Å². The van der Waals surface area contributed by atoms with Crippen molar-refractivity contribution < 1.29 is 22.8 Å². The third-order valence-corrected chi connectivity index (χ3v) is 7.93. The highest BCUT2D eigenvalue weighted by atomic mass is 35.5. The van der Waals surface area contributed by atoms with Crippen LogP contribution in [0.4, 0.5) is 11.4 Å². The third kappa shape index (κ3) is 5.48. The highest BCUT2D eigenvalue weighted by Crippen LogP contribution is 2.30. The van der Waals surface area contributed by atoms with Crippen molar-refractivity contribution in [2.75, 3.05) is 16.8 Å². The Morgan fingerprint density at radius 3 is 2.36 bits per heavy atom. The van der Waals surface area contributed by atoms with E-state index in [2.05, 4.69) is 5.32 Å². The number of hydrogen-bond donors (Lipinski definition) is 1. The number of benzene rings is 3. The van der Waals surface area contributed by atoms with E-state index in [0.29, 0.717) is 22.8 Å². The van der Waals surface area contributed by atoms with Gasteiger partial charge in [-0.25, -0.2) is 13.3 Å². The first-order valence-corrected chi connectivity index (χ1v) is 13.0. The Kier molecular flexibility index (Phi) is 7.53. The van der Waals surface area contributed by atoms with Crippen molar-refractivity contribution in [2.45, 2.75) is 30.7 Å². The second-order valence-electron chi connectivity index (χ2n) is 8.32. The van der Waals surface area contributed by atoms with E-state index in [-0.39, 0.29) is 23.8 Å². The molecule has 3 aromatic rings. The fourth-order valence-electron chi connectivity index (χ4n) is 4.11. The molecule has 36 heavy (non-hydrogen) atoms. The topological polar surface area (TPSA) is 104 Å². The smallest absolute Gasteiger partial charge is 0.252 e. The summed E-state index contributed by atoms with van der Waals surface area (Å²) in [5, 5.41) is 3.14. The number of halogens is 1. The molecule has 1 unspecified atom stereocenters. The monoisotopic (exact) mass is 525 g/mol. The van der Waals surface area contributed by atoms with E-state index >= 15 is 0 Å². The number of anilines is 2. The molecule has 1 heterocycles. The number of amides is 3. The third-order valence-electron chi connectivity index (χ3n) is 5.78. The molecule has 4 rings (SSSR count).